The average Bonchev–Trinajstić information content (AvgIpc) is 3.24. The molecule has 4 rings (SSSR count). The van der Waals surface area contributed by atoms with Crippen molar-refractivity contribution in [2.24, 2.45) is 0 Å². The molecule has 0 spiro atoms. The molecule has 2 aromatic carbocycles. The maximum atomic E-state index is 12.6. The first-order valence-corrected chi connectivity index (χ1v) is 12.6. The Kier molecular flexibility index (Phi) is 7.58. The van der Waals surface area contributed by atoms with E-state index in [1.807, 2.05) is 6.92 Å². The predicted molar refractivity (Wildman–Crippen MR) is 147 cm³/mol. The summed E-state index contributed by atoms with van der Waals surface area (Å²) in [5.41, 5.74) is 9.10. The molecule has 0 radical (unpaired) electrons. The van der Waals surface area contributed by atoms with E-state index in [9.17, 15) is 4.79 Å². The van der Waals surface area contributed by atoms with Crippen molar-refractivity contribution in [3.8, 4) is 11.1 Å². The Morgan fingerprint density at radius 1 is 0.971 bits per heavy atom. The summed E-state index contributed by atoms with van der Waals surface area (Å²) in [4.78, 5) is 17.7. The van der Waals surface area contributed by atoms with Gasteiger partial charge in [0.1, 0.15) is 0 Å². The van der Waals surface area contributed by atoms with Crippen LogP contribution in [-0.4, -0.2) is 28.5 Å². The number of benzene rings is 2. The number of H-pyrrole nitrogens is 1. The molecule has 184 valence electrons. The van der Waals surface area contributed by atoms with Crippen LogP contribution in [0.4, 0.5) is 0 Å². The molecule has 0 aliphatic carbocycles. The number of hydrogen-bond acceptors (Lipinski definition) is 3. The standard InChI is InChI=1S/C30H38N4O/c1-7-23-14-21(4)32-30(35)28(23)18-31-17-26-15-25(16-29-27(26)12-13-34(29)20(2)3)24-10-8-22(9-11-24)19-33(5)6/h8-16,20,31H,7,17-19H2,1-6H3,(H,32,35). The van der Waals surface area contributed by atoms with Crippen LogP contribution in [0.1, 0.15) is 54.8 Å². The zero-order valence-electron chi connectivity index (χ0n) is 21.9. The van der Waals surface area contributed by atoms with E-state index in [-0.39, 0.29) is 5.56 Å². The first-order valence-electron chi connectivity index (χ1n) is 12.6. The first-order chi connectivity index (χ1) is 16.8. The lowest BCUT2D eigenvalue weighted by atomic mass is 9.98. The number of pyridine rings is 1. The Balaban J connectivity index is 1.66. The third-order valence-electron chi connectivity index (χ3n) is 6.63. The molecule has 0 fully saturated rings. The van der Waals surface area contributed by atoms with Crippen LogP contribution in [0.2, 0.25) is 0 Å². The second-order valence-corrected chi connectivity index (χ2v) is 10.1. The lowest BCUT2D eigenvalue weighted by molar-refractivity contribution is 0.402. The Labute approximate surface area is 208 Å². The van der Waals surface area contributed by atoms with Crippen LogP contribution in [0.25, 0.3) is 22.0 Å². The summed E-state index contributed by atoms with van der Waals surface area (Å²) >= 11 is 0. The number of rotatable bonds is 9. The van der Waals surface area contributed by atoms with Gasteiger partial charge in [-0.3, -0.25) is 4.79 Å². The van der Waals surface area contributed by atoms with Crippen LogP contribution < -0.4 is 10.9 Å². The molecule has 0 aliphatic rings. The fraction of sp³-hybridized carbons (Fsp3) is 0.367. The Bertz CT molecular complexity index is 1360. The minimum atomic E-state index is 0.0111. The number of aromatic amines is 1. The third kappa shape index (κ3) is 5.58. The van der Waals surface area contributed by atoms with E-state index in [4.69, 9.17) is 0 Å². The number of aromatic nitrogens is 2. The highest BCUT2D eigenvalue weighted by molar-refractivity contribution is 5.89. The highest BCUT2D eigenvalue weighted by Crippen LogP contribution is 2.31. The van der Waals surface area contributed by atoms with Gasteiger partial charge in [-0.2, -0.15) is 0 Å². The Morgan fingerprint density at radius 3 is 2.37 bits per heavy atom. The summed E-state index contributed by atoms with van der Waals surface area (Å²) in [7, 11) is 4.18. The predicted octanol–water partition coefficient (Wildman–Crippen LogP) is 5.80. The maximum absolute atomic E-state index is 12.6. The summed E-state index contributed by atoms with van der Waals surface area (Å²) in [5.74, 6) is 0. The molecule has 2 heterocycles. The molecule has 0 bridgehead atoms. The van der Waals surface area contributed by atoms with Gasteiger partial charge in [-0.15, -0.1) is 0 Å². The van der Waals surface area contributed by atoms with Crippen molar-refractivity contribution in [3.63, 3.8) is 0 Å². The second-order valence-electron chi connectivity index (χ2n) is 10.1. The van der Waals surface area contributed by atoms with Gasteiger partial charge in [0.2, 0.25) is 0 Å². The fourth-order valence-electron chi connectivity index (χ4n) is 4.89. The Morgan fingerprint density at radius 2 is 1.71 bits per heavy atom. The van der Waals surface area contributed by atoms with Crippen molar-refractivity contribution >= 4 is 10.9 Å². The number of aryl methyl sites for hydroxylation is 2. The lowest BCUT2D eigenvalue weighted by Crippen LogP contribution is -2.23. The molecule has 0 saturated heterocycles. The van der Waals surface area contributed by atoms with Crippen molar-refractivity contribution in [1.82, 2.24) is 19.8 Å². The molecule has 2 N–H and O–H groups in total. The van der Waals surface area contributed by atoms with Gasteiger partial charge >= 0.3 is 0 Å². The summed E-state index contributed by atoms with van der Waals surface area (Å²) in [6.45, 7) is 10.7. The highest BCUT2D eigenvalue weighted by Gasteiger charge is 2.13. The quantitative estimate of drug-likeness (QED) is 0.325. The van der Waals surface area contributed by atoms with E-state index in [0.717, 1.165) is 29.8 Å². The van der Waals surface area contributed by atoms with Crippen molar-refractivity contribution in [1.29, 1.82) is 0 Å². The smallest absolute Gasteiger partial charge is 0.252 e. The molecular weight excluding hydrogens is 432 g/mol. The molecule has 35 heavy (non-hydrogen) atoms. The van der Waals surface area contributed by atoms with Crippen LogP contribution in [0.15, 0.2) is 59.5 Å². The minimum absolute atomic E-state index is 0.0111. The lowest BCUT2D eigenvalue weighted by Gasteiger charge is -2.15. The topological polar surface area (TPSA) is 53.1 Å². The van der Waals surface area contributed by atoms with Crippen molar-refractivity contribution in [2.75, 3.05) is 14.1 Å². The van der Waals surface area contributed by atoms with Crippen molar-refractivity contribution in [2.45, 2.75) is 59.8 Å². The summed E-state index contributed by atoms with van der Waals surface area (Å²) in [5, 5.41) is 4.82. The van der Waals surface area contributed by atoms with E-state index in [1.165, 1.54) is 33.2 Å². The van der Waals surface area contributed by atoms with Gasteiger partial charge in [0, 0.05) is 54.0 Å². The van der Waals surface area contributed by atoms with Gasteiger partial charge in [-0.25, -0.2) is 0 Å². The highest BCUT2D eigenvalue weighted by atomic mass is 16.1. The second kappa shape index (κ2) is 10.6. The molecule has 5 nitrogen and oxygen atoms in total. The normalized spacial score (nSPS) is 11.8. The molecular formula is C30H38N4O. The van der Waals surface area contributed by atoms with Crippen LogP contribution in [0, 0.1) is 6.92 Å². The molecule has 4 aromatic rings. The summed E-state index contributed by atoms with van der Waals surface area (Å²) < 4.78 is 2.34. The van der Waals surface area contributed by atoms with Gasteiger partial charge in [0.15, 0.2) is 0 Å². The number of nitrogens with zero attached hydrogens (tertiary/aromatic N) is 2. The van der Waals surface area contributed by atoms with E-state index in [1.54, 1.807) is 0 Å². The maximum Gasteiger partial charge on any atom is 0.252 e. The molecule has 0 atom stereocenters. The number of fused-ring (bicyclic) bond motifs is 1. The van der Waals surface area contributed by atoms with Crippen LogP contribution >= 0.6 is 0 Å². The van der Waals surface area contributed by atoms with Gasteiger partial charge in [0.05, 0.1) is 0 Å². The van der Waals surface area contributed by atoms with E-state index >= 15 is 0 Å². The minimum Gasteiger partial charge on any atom is -0.345 e. The average molecular weight is 471 g/mol. The van der Waals surface area contributed by atoms with Crippen LogP contribution in [-0.2, 0) is 26.1 Å². The van der Waals surface area contributed by atoms with Crippen LogP contribution in [0.3, 0.4) is 0 Å². The SMILES string of the molecule is CCc1cc(C)[nH]c(=O)c1CNCc1cc(-c2ccc(CN(C)C)cc2)cc2c1ccn2C(C)C. The number of nitrogens with one attached hydrogen (secondary N) is 2. The molecule has 0 saturated carbocycles. The van der Waals surface area contributed by atoms with E-state index in [2.05, 4.69) is 109 Å². The first kappa shape index (κ1) is 25.0. The van der Waals surface area contributed by atoms with E-state index in [0.29, 0.717) is 19.1 Å². The van der Waals surface area contributed by atoms with Gasteiger partial charge in [-0.1, -0.05) is 31.2 Å². The molecule has 0 amide bonds. The largest absolute Gasteiger partial charge is 0.345 e. The van der Waals surface area contributed by atoms with E-state index < -0.39 is 0 Å². The summed E-state index contributed by atoms with van der Waals surface area (Å²) in [6, 6.07) is 18.2. The summed E-state index contributed by atoms with van der Waals surface area (Å²) in [6.07, 6.45) is 3.03. The van der Waals surface area contributed by atoms with Crippen molar-refractivity contribution < 1.29 is 0 Å². The van der Waals surface area contributed by atoms with Gasteiger partial charge < -0.3 is 19.8 Å². The molecule has 0 unspecified atom stereocenters. The molecule has 5 heteroatoms. The third-order valence-corrected chi connectivity index (χ3v) is 6.63. The monoisotopic (exact) mass is 470 g/mol. The molecule has 0 aliphatic heterocycles. The van der Waals surface area contributed by atoms with Gasteiger partial charge in [0.25, 0.3) is 5.56 Å². The zero-order valence-corrected chi connectivity index (χ0v) is 21.9. The zero-order chi connectivity index (χ0) is 25.1. The molecule has 2 aromatic heterocycles. The fourth-order valence-corrected chi connectivity index (χ4v) is 4.89. The van der Waals surface area contributed by atoms with Gasteiger partial charge in [-0.05, 0) is 93.4 Å². The number of hydrogen-bond donors (Lipinski definition) is 2. The van der Waals surface area contributed by atoms with Crippen molar-refractivity contribution in [3.05, 3.63) is 93.0 Å². The Hall–Kier alpha value is -3.15. The van der Waals surface area contributed by atoms with Crippen LogP contribution in [0.5, 0.6) is 0 Å².